The third-order valence-electron chi connectivity index (χ3n) is 3.30. The molecule has 0 aliphatic heterocycles. The average Bonchev–Trinajstić information content (AvgIpc) is 3.24. The van der Waals surface area contributed by atoms with Gasteiger partial charge in [-0.05, 0) is 50.4 Å². The molecular weight excluding hydrogens is 333 g/mol. The number of anilines is 1. The van der Waals surface area contributed by atoms with E-state index in [4.69, 9.17) is 4.74 Å². The average molecular weight is 353 g/mol. The molecule has 1 aliphatic carbocycles. The third-order valence-corrected chi connectivity index (χ3v) is 3.30. The summed E-state index contributed by atoms with van der Waals surface area (Å²) < 4.78 is 43.5. The number of hydrogen-bond acceptors (Lipinski definition) is 3. The monoisotopic (exact) mass is 352 g/mol. The van der Waals surface area contributed by atoms with E-state index in [0.717, 1.165) is 31.5 Å². The summed E-state index contributed by atoms with van der Waals surface area (Å²) in [5, 5.41) is 5.46. The van der Waals surface area contributed by atoms with E-state index in [1.54, 1.807) is 6.92 Å². The van der Waals surface area contributed by atoms with Crippen molar-refractivity contribution < 1.29 is 22.7 Å². The fourth-order valence-corrected chi connectivity index (χ4v) is 1.99. The van der Waals surface area contributed by atoms with Crippen LogP contribution in [0.4, 0.5) is 18.9 Å². The number of halogens is 4. The first-order valence-electron chi connectivity index (χ1n) is 7.24. The first kappa shape index (κ1) is 19.6. The quantitative estimate of drug-likeness (QED) is 0.790. The van der Waals surface area contributed by atoms with Gasteiger partial charge in [0.05, 0.1) is 24.4 Å². The molecule has 1 fully saturated rings. The molecule has 0 unspecified atom stereocenters. The third kappa shape index (κ3) is 6.27. The van der Waals surface area contributed by atoms with E-state index in [1.165, 1.54) is 6.07 Å². The predicted octanol–water partition coefficient (Wildman–Crippen LogP) is 3.46. The zero-order chi connectivity index (χ0) is 16.2. The van der Waals surface area contributed by atoms with E-state index in [9.17, 15) is 18.0 Å². The molecule has 0 aromatic heterocycles. The zero-order valence-electron chi connectivity index (χ0n) is 12.7. The smallest absolute Gasteiger partial charge is 0.416 e. The van der Waals surface area contributed by atoms with Crippen molar-refractivity contribution in [1.82, 2.24) is 5.32 Å². The summed E-state index contributed by atoms with van der Waals surface area (Å²) in [6, 6.07) is 3.05. The molecule has 0 bridgehead atoms. The van der Waals surface area contributed by atoms with E-state index in [0.29, 0.717) is 12.5 Å². The number of rotatable bonds is 7. The van der Waals surface area contributed by atoms with Crippen molar-refractivity contribution >= 4 is 24.0 Å². The van der Waals surface area contributed by atoms with Crippen LogP contribution < -0.4 is 15.4 Å². The minimum Gasteiger partial charge on any atom is -0.492 e. The number of amides is 1. The van der Waals surface area contributed by atoms with Crippen LogP contribution in [-0.2, 0) is 11.0 Å². The molecule has 0 spiro atoms. The van der Waals surface area contributed by atoms with Crippen molar-refractivity contribution in [2.24, 2.45) is 5.92 Å². The molecule has 2 rings (SSSR count). The molecule has 1 aromatic rings. The molecule has 1 aliphatic rings. The maximum Gasteiger partial charge on any atom is 0.416 e. The van der Waals surface area contributed by atoms with Crippen LogP contribution in [0.1, 0.15) is 25.3 Å². The second kappa shape index (κ2) is 8.40. The van der Waals surface area contributed by atoms with Crippen LogP contribution in [0, 0.1) is 5.92 Å². The van der Waals surface area contributed by atoms with E-state index >= 15 is 0 Å². The normalized spacial score (nSPS) is 14.1. The molecule has 23 heavy (non-hydrogen) atoms. The number of benzene rings is 1. The Morgan fingerprint density at radius 2 is 2.04 bits per heavy atom. The number of hydrogen-bond donors (Lipinski definition) is 2. The molecule has 1 amide bonds. The summed E-state index contributed by atoms with van der Waals surface area (Å²) in [5.41, 5.74) is -0.785. The van der Waals surface area contributed by atoms with Gasteiger partial charge in [-0.15, -0.1) is 12.4 Å². The second-order valence-electron chi connectivity index (χ2n) is 5.26. The zero-order valence-corrected chi connectivity index (χ0v) is 13.5. The highest BCUT2D eigenvalue weighted by molar-refractivity contribution is 5.93. The minimum atomic E-state index is -4.46. The summed E-state index contributed by atoms with van der Waals surface area (Å²) in [5.74, 6) is 0.465. The number of carbonyl (C=O) groups excluding carboxylic acids is 1. The topological polar surface area (TPSA) is 50.4 Å². The first-order chi connectivity index (χ1) is 10.4. The molecule has 8 heteroatoms. The summed E-state index contributed by atoms with van der Waals surface area (Å²) in [4.78, 5) is 11.8. The lowest BCUT2D eigenvalue weighted by atomic mass is 10.1. The molecule has 0 radical (unpaired) electrons. The van der Waals surface area contributed by atoms with Crippen LogP contribution in [0.2, 0.25) is 0 Å². The van der Waals surface area contributed by atoms with Gasteiger partial charge in [0.1, 0.15) is 5.75 Å². The molecule has 1 saturated carbocycles. The highest BCUT2D eigenvalue weighted by Crippen LogP contribution is 2.35. The Kier molecular flexibility index (Phi) is 7.15. The van der Waals surface area contributed by atoms with Gasteiger partial charge in [-0.3, -0.25) is 4.79 Å². The standard InChI is InChI=1S/C15H19F3N2O2.ClH/c1-2-22-13-6-5-11(15(16,17)18)7-12(13)20-14(21)9-19-8-10-3-4-10;/h5-7,10,19H,2-4,8-9H2,1H3,(H,20,21);1H. The molecule has 130 valence electrons. The molecule has 0 saturated heterocycles. The van der Waals surface area contributed by atoms with E-state index in [-0.39, 0.29) is 36.3 Å². The van der Waals surface area contributed by atoms with Gasteiger partial charge in [-0.2, -0.15) is 13.2 Å². The van der Waals surface area contributed by atoms with Gasteiger partial charge in [0.25, 0.3) is 0 Å². The van der Waals surface area contributed by atoms with Gasteiger partial charge in [-0.25, -0.2) is 0 Å². The van der Waals surface area contributed by atoms with Crippen molar-refractivity contribution in [3.05, 3.63) is 23.8 Å². The number of alkyl halides is 3. The summed E-state index contributed by atoms with van der Waals surface area (Å²) >= 11 is 0. The molecule has 1 aromatic carbocycles. The van der Waals surface area contributed by atoms with Gasteiger partial charge in [-0.1, -0.05) is 0 Å². The maximum atomic E-state index is 12.8. The second-order valence-corrected chi connectivity index (χ2v) is 5.26. The molecule has 0 heterocycles. The van der Waals surface area contributed by atoms with E-state index < -0.39 is 11.7 Å². The SMILES string of the molecule is CCOc1ccc(C(F)(F)F)cc1NC(=O)CNCC1CC1.Cl. The van der Waals surface area contributed by atoms with Crippen molar-refractivity contribution in [2.75, 3.05) is 25.0 Å². The van der Waals surface area contributed by atoms with E-state index in [1.807, 2.05) is 0 Å². The Morgan fingerprint density at radius 3 is 2.61 bits per heavy atom. The number of nitrogens with one attached hydrogen (secondary N) is 2. The van der Waals surface area contributed by atoms with Crippen molar-refractivity contribution in [1.29, 1.82) is 0 Å². The number of ether oxygens (including phenoxy) is 1. The van der Waals surface area contributed by atoms with E-state index in [2.05, 4.69) is 10.6 Å². The maximum absolute atomic E-state index is 12.8. The Labute approximate surface area is 139 Å². The lowest BCUT2D eigenvalue weighted by molar-refractivity contribution is -0.137. The van der Waals surface area contributed by atoms with Gasteiger partial charge in [0.15, 0.2) is 0 Å². The highest BCUT2D eigenvalue weighted by Gasteiger charge is 2.31. The molecular formula is C15H20ClF3N2O2. The van der Waals surface area contributed by atoms with Crippen LogP contribution in [0.5, 0.6) is 5.75 Å². The number of carbonyl (C=O) groups is 1. The van der Waals surface area contributed by atoms with Gasteiger partial charge < -0.3 is 15.4 Å². The lowest BCUT2D eigenvalue weighted by Gasteiger charge is -2.15. The summed E-state index contributed by atoms with van der Waals surface area (Å²) in [7, 11) is 0. The van der Waals surface area contributed by atoms with Crippen LogP contribution in [0.15, 0.2) is 18.2 Å². The van der Waals surface area contributed by atoms with Crippen LogP contribution in [0.25, 0.3) is 0 Å². The summed E-state index contributed by atoms with van der Waals surface area (Å²) in [6.45, 7) is 2.85. The fourth-order valence-electron chi connectivity index (χ4n) is 1.99. The summed E-state index contributed by atoms with van der Waals surface area (Å²) in [6.07, 6.45) is -2.14. The van der Waals surface area contributed by atoms with Crippen molar-refractivity contribution in [3.63, 3.8) is 0 Å². The predicted molar refractivity (Wildman–Crippen MR) is 84.1 cm³/mol. The van der Waals surface area contributed by atoms with Gasteiger partial charge in [0, 0.05) is 0 Å². The van der Waals surface area contributed by atoms with Crippen molar-refractivity contribution in [2.45, 2.75) is 25.9 Å². The fraction of sp³-hybridized carbons (Fsp3) is 0.533. The van der Waals surface area contributed by atoms with Crippen LogP contribution in [-0.4, -0.2) is 25.6 Å². The largest absolute Gasteiger partial charge is 0.492 e. The van der Waals surface area contributed by atoms with Crippen molar-refractivity contribution in [3.8, 4) is 5.75 Å². The molecule has 2 N–H and O–H groups in total. The Bertz CT molecular complexity index is 534. The Hall–Kier alpha value is -1.47. The first-order valence-corrected chi connectivity index (χ1v) is 7.24. The van der Waals surface area contributed by atoms with Crippen LogP contribution >= 0.6 is 12.4 Å². The Morgan fingerprint density at radius 1 is 1.35 bits per heavy atom. The van der Waals surface area contributed by atoms with Gasteiger partial charge in [0.2, 0.25) is 5.91 Å². The minimum absolute atomic E-state index is 0. The highest BCUT2D eigenvalue weighted by atomic mass is 35.5. The molecule has 0 atom stereocenters. The Balaban J connectivity index is 0.00000264. The van der Waals surface area contributed by atoms with Crippen LogP contribution in [0.3, 0.4) is 0 Å². The lowest BCUT2D eigenvalue weighted by Crippen LogP contribution is -2.29. The van der Waals surface area contributed by atoms with Gasteiger partial charge >= 0.3 is 6.18 Å². The molecule has 4 nitrogen and oxygen atoms in total.